The van der Waals surface area contributed by atoms with Crippen LogP contribution in [0.25, 0.3) is 10.9 Å². The van der Waals surface area contributed by atoms with E-state index >= 15 is 0 Å². The number of aromatic nitrogens is 1. The summed E-state index contributed by atoms with van der Waals surface area (Å²) in [5, 5.41) is 2.60. The van der Waals surface area contributed by atoms with Crippen molar-refractivity contribution in [3.8, 4) is 0 Å². The van der Waals surface area contributed by atoms with Gasteiger partial charge in [-0.3, -0.25) is 0 Å². The lowest BCUT2D eigenvalue weighted by Gasteiger charge is -2.24. The van der Waals surface area contributed by atoms with Crippen molar-refractivity contribution in [2.24, 2.45) is 7.05 Å². The maximum atomic E-state index is 2.32. The Balaban J connectivity index is 2.19. The van der Waals surface area contributed by atoms with Crippen molar-refractivity contribution in [3.05, 3.63) is 36.0 Å². The van der Waals surface area contributed by atoms with Crippen LogP contribution in [0.5, 0.6) is 0 Å². The number of rotatable bonds is 1. The van der Waals surface area contributed by atoms with Crippen molar-refractivity contribution >= 4 is 34.4 Å². The van der Waals surface area contributed by atoms with Gasteiger partial charge in [0, 0.05) is 23.3 Å². The molecule has 2 aromatic rings. The van der Waals surface area contributed by atoms with Crippen molar-refractivity contribution < 1.29 is 0 Å². The topological polar surface area (TPSA) is 4.93 Å². The number of thioether (sulfide) groups is 2. The molecule has 3 heteroatoms. The van der Waals surface area contributed by atoms with E-state index < -0.39 is 0 Å². The van der Waals surface area contributed by atoms with Crippen molar-refractivity contribution in [1.29, 1.82) is 0 Å². The van der Waals surface area contributed by atoms with E-state index in [2.05, 4.69) is 41.9 Å². The first-order chi connectivity index (χ1) is 6.86. The zero-order chi connectivity index (χ0) is 9.54. The summed E-state index contributed by atoms with van der Waals surface area (Å²) in [5.74, 6) is 0. The third-order valence-corrected chi connectivity index (χ3v) is 5.66. The summed E-state index contributed by atoms with van der Waals surface area (Å²) < 4.78 is 2.98. The molecular weight excluding hydrogens is 210 g/mol. The van der Waals surface area contributed by atoms with Gasteiger partial charge < -0.3 is 4.57 Å². The molecule has 0 saturated carbocycles. The van der Waals surface area contributed by atoms with Crippen LogP contribution in [0.15, 0.2) is 30.3 Å². The summed E-state index contributed by atoms with van der Waals surface area (Å²) in [4.78, 5) is 0. The quantitative estimate of drug-likeness (QED) is 0.724. The van der Waals surface area contributed by atoms with Gasteiger partial charge in [-0.05, 0) is 17.5 Å². The zero-order valence-electron chi connectivity index (χ0n) is 7.93. The van der Waals surface area contributed by atoms with E-state index in [9.17, 15) is 0 Å². The minimum absolute atomic E-state index is 0.660. The smallest absolute Gasteiger partial charge is 0.0918 e. The number of hydrogen-bond acceptors (Lipinski definition) is 2. The second kappa shape index (κ2) is 3.24. The lowest BCUT2D eigenvalue weighted by molar-refractivity contribution is 0.903. The van der Waals surface area contributed by atoms with Gasteiger partial charge in [-0.15, -0.1) is 23.5 Å². The van der Waals surface area contributed by atoms with Gasteiger partial charge in [0.25, 0.3) is 0 Å². The zero-order valence-corrected chi connectivity index (χ0v) is 9.57. The van der Waals surface area contributed by atoms with Gasteiger partial charge in [0.1, 0.15) is 0 Å². The number of benzene rings is 1. The molecule has 1 fully saturated rings. The summed E-state index contributed by atoms with van der Waals surface area (Å²) in [7, 11) is 2.16. The maximum Gasteiger partial charge on any atom is 0.0918 e. The van der Waals surface area contributed by atoms with Gasteiger partial charge in [-0.1, -0.05) is 18.2 Å². The molecule has 0 aliphatic carbocycles. The summed E-state index contributed by atoms with van der Waals surface area (Å²) in [6.45, 7) is 0. The van der Waals surface area contributed by atoms with Crippen LogP contribution in [0.4, 0.5) is 0 Å². The molecule has 0 atom stereocenters. The summed E-state index contributed by atoms with van der Waals surface area (Å²) in [6.07, 6.45) is 0. The molecular formula is C11H11NS2. The molecule has 1 aromatic heterocycles. The average molecular weight is 221 g/mol. The van der Waals surface area contributed by atoms with Gasteiger partial charge in [0.15, 0.2) is 0 Å². The Kier molecular flexibility index (Phi) is 2.03. The second-order valence-corrected chi connectivity index (χ2v) is 6.32. The van der Waals surface area contributed by atoms with E-state index in [0.29, 0.717) is 4.58 Å². The van der Waals surface area contributed by atoms with E-state index in [1.807, 2.05) is 23.5 Å². The molecule has 1 nitrogen and oxygen atoms in total. The monoisotopic (exact) mass is 221 g/mol. The highest BCUT2D eigenvalue weighted by Crippen LogP contribution is 2.52. The molecule has 0 spiro atoms. The van der Waals surface area contributed by atoms with Crippen LogP contribution < -0.4 is 0 Å². The molecule has 3 rings (SSSR count). The van der Waals surface area contributed by atoms with Crippen LogP contribution in [0.1, 0.15) is 10.3 Å². The number of fused-ring (bicyclic) bond motifs is 1. The van der Waals surface area contributed by atoms with Crippen molar-refractivity contribution in [1.82, 2.24) is 4.57 Å². The Morgan fingerprint density at radius 3 is 2.71 bits per heavy atom. The minimum atomic E-state index is 0.660. The van der Waals surface area contributed by atoms with Crippen LogP contribution in [-0.2, 0) is 7.05 Å². The molecule has 1 saturated heterocycles. The molecule has 72 valence electrons. The molecule has 1 aromatic carbocycles. The number of aryl methyl sites for hydroxylation is 1. The first-order valence-electron chi connectivity index (χ1n) is 4.64. The number of nitrogens with zero attached hydrogens (tertiary/aromatic N) is 1. The minimum Gasteiger partial charge on any atom is -0.346 e. The van der Waals surface area contributed by atoms with Crippen molar-refractivity contribution in [2.75, 3.05) is 5.08 Å². The van der Waals surface area contributed by atoms with Crippen molar-refractivity contribution in [2.45, 2.75) is 4.58 Å². The Bertz CT molecular complexity index is 471. The fourth-order valence-electron chi connectivity index (χ4n) is 1.84. The third kappa shape index (κ3) is 1.19. The van der Waals surface area contributed by atoms with Gasteiger partial charge in [0.2, 0.25) is 0 Å². The van der Waals surface area contributed by atoms with E-state index in [-0.39, 0.29) is 0 Å². The largest absolute Gasteiger partial charge is 0.346 e. The summed E-state index contributed by atoms with van der Waals surface area (Å²) >= 11 is 4.06. The SMILES string of the molecule is Cn1c(C2SCS2)cc2ccccc21. The van der Waals surface area contributed by atoms with Crippen LogP contribution in [0.3, 0.4) is 0 Å². The van der Waals surface area contributed by atoms with Crippen molar-refractivity contribution in [3.63, 3.8) is 0 Å². The standard InChI is InChI=1S/C11H11NS2/c1-12-9-5-3-2-4-8(9)6-10(12)11-13-7-14-11/h2-6,11H,7H2,1H3. The number of para-hydroxylation sites is 1. The van der Waals surface area contributed by atoms with Crippen LogP contribution in [-0.4, -0.2) is 9.65 Å². The third-order valence-electron chi connectivity index (χ3n) is 2.67. The van der Waals surface area contributed by atoms with Crippen LogP contribution >= 0.6 is 23.5 Å². The maximum absolute atomic E-state index is 2.32. The first kappa shape index (κ1) is 8.74. The molecule has 1 aliphatic rings. The number of hydrogen-bond donors (Lipinski definition) is 0. The van der Waals surface area contributed by atoms with E-state index in [0.717, 1.165) is 0 Å². The Morgan fingerprint density at radius 1 is 1.29 bits per heavy atom. The van der Waals surface area contributed by atoms with Gasteiger partial charge in [-0.2, -0.15) is 0 Å². The fourth-order valence-corrected chi connectivity index (χ4v) is 3.73. The molecule has 0 N–H and O–H groups in total. The summed E-state index contributed by atoms with van der Waals surface area (Å²) in [5.41, 5.74) is 2.79. The van der Waals surface area contributed by atoms with Crippen LogP contribution in [0, 0.1) is 0 Å². The van der Waals surface area contributed by atoms with E-state index in [1.54, 1.807) is 0 Å². The highest BCUT2D eigenvalue weighted by molar-refractivity contribution is 8.31. The highest BCUT2D eigenvalue weighted by Gasteiger charge is 2.24. The Morgan fingerprint density at radius 2 is 2.07 bits per heavy atom. The summed E-state index contributed by atoms with van der Waals surface area (Å²) in [6, 6.07) is 10.9. The molecule has 0 unspecified atom stereocenters. The van der Waals surface area contributed by atoms with E-state index in [1.165, 1.54) is 21.7 Å². The Hall–Kier alpha value is -0.540. The first-order valence-corrected chi connectivity index (χ1v) is 6.73. The average Bonchev–Trinajstić information content (AvgIpc) is 2.43. The van der Waals surface area contributed by atoms with Gasteiger partial charge in [-0.25, -0.2) is 0 Å². The van der Waals surface area contributed by atoms with Crippen LogP contribution in [0.2, 0.25) is 0 Å². The molecule has 1 aliphatic heterocycles. The molecule has 0 bridgehead atoms. The second-order valence-electron chi connectivity index (χ2n) is 3.47. The fraction of sp³-hybridized carbons (Fsp3) is 0.273. The predicted octanol–water partition coefficient (Wildman–Crippen LogP) is 3.61. The van der Waals surface area contributed by atoms with Gasteiger partial charge in [0.05, 0.1) is 4.58 Å². The lowest BCUT2D eigenvalue weighted by Crippen LogP contribution is -2.04. The Labute approximate surface area is 91.9 Å². The normalized spacial score (nSPS) is 17.2. The van der Waals surface area contributed by atoms with Gasteiger partial charge >= 0.3 is 0 Å². The molecule has 2 heterocycles. The molecule has 0 radical (unpaired) electrons. The molecule has 14 heavy (non-hydrogen) atoms. The predicted molar refractivity (Wildman–Crippen MR) is 65.7 cm³/mol. The molecule has 0 amide bonds. The van der Waals surface area contributed by atoms with E-state index in [4.69, 9.17) is 0 Å². The lowest BCUT2D eigenvalue weighted by atomic mass is 10.2. The highest BCUT2D eigenvalue weighted by atomic mass is 32.3.